The first-order valence-electron chi connectivity index (χ1n) is 10.0. The molecular weight excluding hydrogens is 426 g/mol. The van der Waals surface area contributed by atoms with Gasteiger partial charge in [-0.3, -0.25) is 19.5 Å². The van der Waals surface area contributed by atoms with Crippen molar-refractivity contribution in [3.8, 4) is 0 Å². The third-order valence-electron chi connectivity index (χ3n) is 5.73. The molecule has 2 aromatic heterocycles. The molecule has 1 unspecified atom stereocenters. The number of fused-ring (bicyclic) bond motifs is 1. The molecule has 0 saturated carbocycles. The largest absolute Gasteiger partial charge is 0.507 e. The molecule has 0 radical (unpaired) electrons. The molecule has 0 spiro atoms. The van der Waals surface area contributed by atoms with Crippen LogP contribution in [0.5, 0.6) is 0 Å². The summed E-state index contributed by atoms with van der Waals surface area (Å²) in [7, 11) is 0. The molecule has 1 fully saturated rings. The van der Waals surface area contributed by atoms with Crippen LogP contribution in [0.15, 0.2) is 78.8 Å². The highest BCUT2D eigenvalue weighted by molar-refractivity contribution is 6.52. The fraction of sp³-hybridized carbons (Fsp3) is 0.0800. The fourth-order valence-electron chi connectivity index (χ4n) is 4.24. The number of pyridine rings is 1. The summed E-state index contributed by atoms with van der Waals surface area (Å²) in [6.07, 6.45) is 4.83. The number of anilines is 1. The van der Waals surface area contributed by atoms with Gasteiger partial charge in [0.1, 0.15) is 5.76 Å². The van der Waals surface area contributed by atoms with Crippen LogP contribution in [0.25, 0.3) is 16.7 Å². The van der Waals surface area contributed by atoms with E-state index in [1.165, 1.54) is 4.90 Å². The Kier molecular flexibility index (Phi) is 4.79. The van der Waals surface area contributed by atoms with Crippen LogP contribution >= 0.6 is 11.6 Å². The normalized spacial score (nSPS) is 17.9. The fourth-order valence-corrected chi connectivity index (χ4v) is 4.47. The molecule has 32 heavy (non-hydrogen) atoms. The van der Waals surface area contributed by atoms with E-state index < -0.39 is 17.7 Å². The molecule has 5 rings (SSSR count). The number of aryl methyl sites for hydroxylation is 1. The number of nitrogens with one attached hydrogen (secondary N) is 1. The molecule has 2 N–H and O–H groups in total. The van der Waals surface area contributed by atoms with E-state index in [0.29, 0.717) is 21.8 Å². The summed E-state index contributed by atoms with van der Waals surface area (Å²) in [6.45, 7) is 1.82. The van der Waals surface area contributed by atoms with Gasteiger partial charge in [0, 0.05) is 45.8 Å². The first-order valence-corrected chi connectivity index (χ1v) is 10.4. The van der Waals surface area contributed by atoms with Crippen LogP contribution in [0.4, 0.5) is 5.69 Å². The van der Waals surface area contributed by atoms with Crippen LogP contribution in [-0.4, -0.2) is 26.8 Å². The Balaban J connectivity index is 1.77. The number of amides is 1. The number of Topliss-reactive ketones (excluding diaryl/α,β-unsaturated/α-hetero) is 1. The average molecular weight is 444 g/mol. The molecule has 7 heteroatoms. The SMILES string of the molecule is Cc1cc(Cl)ccc1N1C(=O)C(=O)/C(=C(\O)c2c[nH]c3ccccc23)C1c1ccncc1. The Morgan fingerprint density at radius 3 is 2.59 bits per heavy atom. The minimum absolute atomic E-state index is 0.0281. The summed E-state index contributed by atoms with van der Waals surface area (Å²) < 4.78 is 0. The van der Waals surface area contributed by atoms with Crippen molar-refractivity contribution in [2.24, 2.45) is 0 Å². The summed E-state index contributed by atoms with van der Waals surface area (Å²) in [6, 6.07) is 15.2. The molecule has 1 aliphatic rings. The van der Waals surface area contributed by atoms with Crippen LogP contribution in [0.2, 0.25) is 5.02 Å². The predicted octanol–water partition coefficient (Wildman–Crippen LogP) is 5.15. The molecule has 1 amide bonds. The van der Waals surface area contributed by atoms with E-state index in [1.54, 1.807) is 48.9 Å². The van der Waals surface area contributed by atoms with Gasteiger partial charge in [-0.05, 0) is 54.4 Å². The lowest BCUT2D eigenvalue weighted by Crippen LogP contribution is -2.30. The number of carbonyl (C=O) groups excluding carboxylic acids is 2. The van der Waals surface area contributed by atoms with E-state index in [1.807, 2.05) is 31.2 Å². The van der Waals surface area contributed by atoms with Crippen LogP contribution in [0.3, 0.4) is 0 Å². The highest BCUT2D eigenvalue weighted by Gasteiger charge is 2.47. The molecule has 1 saturated heterocycles. The second kappa shape index (κ2) is 7.66. The quantitative estimate of drug-likeness (QED) is 0.260. The average Bonchev–Trinajstić information content (AvgIpc) is 3.34. The van der Waals surface area contributed by atoms with Gasteiger partial charge in [-0.2, -0.15) is 0 Å². The number of aliphatic hydroxyl groups excluding tert-OH is 1. The van der Waals surface area contributed by atoms with Gasteiger partial charge in [-0.1, -0.05) is 29.8 Å². The van der Waals surface area contributed by atoms with Crippen molar-refractivity contribution in [2.75, 3.05) is 4.90 Å². The molecule has 0 aliphatic carbocycles. The number of nitrogens with zero attached hydrogens (tertiary/aromatic N) is 2. The Bertz CT molecular complexity index is 1410. The second-order valence-electron chi connectivity index (χ2n) is 7.63. The third-order valence-corrected chi connectivity index (χ3v) is 5.96. The van der Waals surface area contributed by atoms with Crippen molar-refractivity contribution < 1.29 is 14.7 Å². The molecule has 0 bridgehead atoms. The second-order valence-corrected chi connectivity index (χ2v) is 8.06. The predicted molar refractivity (Wildman–Crippen MR) is 124 cm³/mol. The van der Waals surface area contributed by atoms with Crippen molar-refractivity contribution in [3.63, 3.8) is 0 Å². The summed E-state index contributed by atoms with van der Waals surface area (Å²) >= 11 is 6.11. The van der Waals surface area contributed by atoms with E-state index in [0.717, 1.165) is 16.5 Å². The van der Waals surface area contributed by atoms with Crippen LogP contribution < -0.4 is 4.90 Å². The van der Waals surface area contributed by atoms with Gasteiger partial charge in [0.25, 0.3) is 11.7 Å². The number of hydrogen-bond donors (Lipinski definition) is 2. The number of aromatic amines is 1. The summed E-state index contributed by atoms with van der Waals surface area (Å²) in [5.74, 6) is -1.68. The van der Waals surface area contributed by atoms with Crippen molar-refractivity contribution in [1.82, 2.24) is 9.97 Å². The highest BCUT2D eigenvalue weighted by atomic mass is 35.5. The van der Waals surface area contributed by atoms with E-state index in [2.05, 4.69) is 9.97 Å². The molecule has 158 valence electrons. The lowest BCUT2D eigenvalue weighted by molar-refractivity contribution is -0.132. The van der Waals surface area contributed by atoms with Crippen LogP contribution in [0.1, 0.15) is 22.7 Å². The maximum Gasteiger partial charge on any atom is 0.300 e. The van der Waals surface area contributed by atoms with Crippen LogP contribution in [0, 0.1) is 6.92 Å². The first-order chi connectivity index (χ1) is 15.5. The number of benzene rings is 2. The van der Waals surface area contributed by atoms with Crippen molar-refractivity contribution in [2.45, 2.75) is 13.0 Å². The highest BCUT2D eigenvalue weighted by Crippen LogP contribution is 2.43. The molecule has 1 aliphatic heterocycles. The minimum Gasteiger partial charge on any atom is -0.507 e. The van der Waals surface area contributed by atoms with Crippen molar-refractivity contribution in [1.29, 1.82) is 0 Å². The van der Waals surface area contributed by atoms with Gasteiger partial charge in [0.2, 0.25) is 0 Å². The van der Waals surface area contributed by atoms with E-state index in [9.17, 15) is 14.7 Å². The molecule has 4 aromatic rings. The number of aromatic nitrogens is 2. The van der Waals surface area contributed by atoms with Gasteiger partial charge < -0.3 is 10.1 Å². The van der Waals surface area contributed by atoms with Crippen molar-refractivity contribution in [3.05, 3.63) is 100 Å². The maximum absolute atomic E-state index is 13.3. The lowest BCUT2D eigenvalue weighted by Gasteiger charge is -2.26. The Hall–Kier alpha value is -3.90. The zero-order valence-corrected chi connectivity index (χ0v) is 17.8. The van der Waals surface area contributed by atoms with E-state index in [-0.39, 0.29) is 11.3 Å². The monoisotopic (exact) mass is 443 g/mol. The number of ketones is 1. The maximum atomic E-state index is 13.3. The molecule has 3 heterocycles. The number of rotatable bonds is 3. The summed E-state index contributed by atoms with van der Waals surface area (Å²) in [4.78, 5) is 35.1. The summed E-state index contributed by atoms with van der Waals surface area (Å²) in [5.41, 5.74) is 3.26. The van der Waals surface area contributed by atoms with Gasteiger partial charge >= 0.3 is 0 Å². The molecule has 1 atom stereocenters. The Labute approximate surface area is 188 Å². The zero-order chi connectivity index (χ0) is 22.4. The number of H-pyrrole nitrogens is 1. The number of carbonyl (C=O) groups is 2. The minimum atomic E-state index is -0.813. The lowest BCUT2D eigenvalue weighted by atomic mass is 9.95. The third kappa shape index (κ3) is 3.08. The van der Waals surface area contributed by atoms with E-state index in [4.69, 9.17) is 11.6 Å². The number of hydrogen-bond acceptors (Lipinski definition) is 4. The molecular formula is C25H18ClN3O3. The Morgan fingerprint density at radius 2 is 1.84 bits per heavy atom. The van der Waals surface area contributed by atoms with E-state index >= 15 is 0 Å². The van der Waals surface area contributed by atoms with Gasteiger partial charge in [-0.25, -0.2) is 0 Å². The smallest absolute Gasteiger partial charge is 0.300 e. The zero-order valence-electron chi connectivity index (χ0n) is 17.0. The van der Waals surface area contributed by atoms with Crippen LogP contribution in [-0.2, 0) is 9.59 Å². The molecule has 6 nitrogen and oxygen atoms in total. The van der Waals surface area contributed by atoms with Gasteiger partial charge in [0.15, 0.2) is 0 Å². The summed E-state index contributed by atoms with van der Waals surface area (Å²) in [5, 5.41) is 12.6. The number of aliphatic hydroxyl groups is 1. The number of halogens is 1. The van der Waals surface area contributed by atoms with Crippen molar-refractivity contribution >= 4 is 45.6 Å². The molecule has 2 aromatic carbocycles. The Morgan fingerprint density at radius 1 is 1.09 bits per heavy atom. The first kappa shape index (κ1) is 20.0. The standard InChI is InChI=1S/C25H18ClN3O3/c1-14-12-16(26)6-7-20(14)29-22(15-8-10-27-11-9-15)21(24(31)25(29)32)23(30)18-13-28-19-5-3-2-4-17(18)19/h2-13,22,28,30H,1H3/b23-21-. The number of para-hydroxylation sites is 1. The topological polar surface area (TPSA) is 86.3 Å². The van der Waals surface area contributed by atoms with Gasteiger partial charge in [0.05, 0.1) is 11.6 Å². The van der Waals surface area contributed by atoms with Gasteiger partial charge in [-0.15, -0.1) is 0 Å².